The third kappa shape index (κ3) is 6.52. The Balaban J connectivity index is 1.77. The maximum Gasteiger partial charge on any atom is 0.123 e. The molecule has 0 aromatic heterocycles. The normalized spacial score (nSPS) is 11.2. The Morgan fingerprint density at radius 3 is 2.42 bits per heavy atom. The molecule has 0 fully saturated rings. The minimum atomic E-state index is 0.710. The van der Waals surface area contributed by atoms with Gasteiger partial charge in [-0.15, -0.1) is 0 Å². The highest BCUT2D eigenvalue weighted by molar-refractivity contribution is 6.30. The molecule has 0 unspecified atom stereocenters. The molecule has 0 heterocycles. The lowest BCUT2D eigenvalue weighted by Crippen LogP contribution is -2.21. The second kappa shape index (κ2) is 9.67. The molecule has 0 atom stereocenters. The van der Waals surface area contributed by atoms with E-state index in [1.807, 2.05) is 32.3 Å². The van der Waals surface area contributed by atoms with E-state index in [1.54, 1.807) is 0 Å². The zero-order valence-electron chi connectivity index (χ0n) is 14.8. The molecule has 0 N–H and O–H groups in total. The molecule has 3 nitrogen and oxygen atoms in total. The van der Waals surface area contributed by atoms with Crippen molar-refractivity contribution in [3.8, 4) is 5.75 Å². The number of ether oxygens (including phenoxy) is 1. The predicted molar refractivity (Wildman–Crippen MR) is 102 cm³/mol. The standard InChI is InChI=1S/C20H27ClN2O/c1-22(2)16-18-14-19(21)10-11-20(18)24-13-7-12-23(3)15-17-8-5-4-6-9-17/h4-6,8-11,14H,7,12-13,15-16H2,1-3H3. The summed E-state index contributed by atoms with van der Waals surface area (Å²) in [5.41, 5.74) is 2.47. The summed E-state index contributed by atoms with van der Waals surface area (Å²) in [5, 5.41) is 0.752. The van der Waals surface area contributed by atoms with Crippen molar-refractivity contribution < 1.29 is 4.74 Å². The third-order valence-electron chi connectivity index (χ3n) is 3.75. The molecular formula is C20H27ClN2O. The highest BCUT2D eigenvalue weighted by Crippen LogP contribution is 2.24. The molecular weight excluding hydrogens is 320 g/mol. The molecule has 0 spiro atoms. The van der Waals surface area contributed by atoms with Crippen LogP contribution in [0.25, 0.3) is 0 Å². The van der Waals surface area contributed by atoms with E-state index in [2.05, 4.69) is 47.2 Å². The van der Waals surface area contributed by atoms with E-state index >= 15 is 0 Å². The van der Waals surface area contributed by atoms with Crippen molar-refractivity contribution >= 4 is 11.6 Å². The van der Waals surface area contributed by atoms with Crippen molar-refractivity contribution in [3.05, 3.63) is 64.7 Å². The van der Waals surface area contributed by atoms with Gasteiger partial charge in [0.15, 0.2) is 0 Å². The number of rotatable bonds is 9. The summed E-state index contributed by atoms with van der Waals surface area (Å²) in [5.74, 6) is 0.929. The Hall–Kier alpha value is -1.55. The van der Waals surface area contributed by atoms with E-state index in [1.165, 1.54) is 5.56 Å². The fourth-order valence-electron chi connectivity index (χ4n) is 2.64. The molecule has 0 aliphatic carbocycles. The highest BCUT2D eigenvalue weighted by Gasteiger charge is 2.07. The van der Waals surface area contributed by atoms with Crippen LogP contribution in [0.2, 0.25) is 5.02 Å². The van der Waals surface area contributed by atoms with Gasteiger partial charge in [-0.05, 0) is 51.3 Å². The van der Waals surface area contributed by atoms with Crippen molar-refractivity contribution in [2.24, 2.45) is 0 Å². The second-order valence-corrected chi connectivity index (χ2v) is 6.85. The zero-order valence-corrected chi connectivity index (χ0v) is 15.6. The molecule has 0 radical (unpaired) electrons. The van der Waals surface area contributed by atoms with Crippen LogP contribution in [0.3, 0.4) is 0 Å². The van der Waals surface area contributed by atoms with Gasteiger partial charge in [0.25, 0.3) is 0 Å². The Bertz CT molecular complexity index is 616. The van der Waals surface area contributed by atoms with E-state index in [4.69, 9.17) is 16.3 Å². The number of hydrogen-bond acceptors (Lipinski definition) is 3. The lowest BCUT2D eigenvalue weighted by atomic mass is 10.2. The maximum absolute atomic E-state index is 6.10. The lowest BCUT2D eigenvalue weighted by molar-refractivity contribution is 0.255. The Kier molecular flexibility index (Phi) is 7.57. The summed E-state index contributed by atoms with van der Waals surface area (Å²) in [6.07, 6.45) is 0.993. The smallest absolute Gasteiger partial charge is 0.123 e. The molecule has 4 heteroatoms. The number of nitrogens with zero attached hydrogens (tertiary/aromatic N) is 2. The summed E-state index contributed by atoms with van der Waals surface area (Å²) < 4.78 is 5.98. The number of halogens is 1. The molecule has 24 heavy (non-hydrogen) atoms. The fourth-order valence-corrected chi connectivity index (χ4v) is 2.84. The van der Waals surface area contributed by atoms with Gasteiger partial charge in [-0.25, -0.2) is 0 Å². The summed E-state index contributed by atoms with van der Waals surface area (Å²) >= 11 is 6.10. The van der Waals surface area contributed by atoms with Gasteiger partial charge >= 0.3 is 0 Å². The van der Waals surface area contributed by atoms with Crippen LogP contribution in [0.15, 0.2) is 48.5 Å². The maximum atomic E-state index is 6.10. The van der Waals surface area contributed by atoms with Gasteiger partial charge in [-0.1, -0.05) is 41.9 Å². The molecule has 0 saturated heterocycles. The van der Waals surface area contributed by atoms with Crippen molar-refractivity contribution in [2.75, 3.05) is 34.3 Å². The van der Waals surface area contributed by atoms with E-state index in [-0.39, 0.29) is 0 Å². The third-order valence-corrected chi connectivity index (χ3v) is 3.98. The van der Waals surface area contributed by atoms with Crippen LogP contribution >= 0.6 is 11.6 Å². The lowest BCUT2D eigenvalue weighted by Gasteiger charge is -2.18. The van der Waals surface area contributed by atoms with Crippen LogP contribution in [0.5, 0.6) is 5.75 Å². The second-order valence-electron chi connectivity index (χ2n) is 6.42. The molecule has 0 saturated carbocycles. The first-order chi connectivity index (χ1) is 11.5. The molecule has 0 amide bonds. The van der Waals surface area contributed by atoms with Crippen LogP contribution in [0.1, 0.15) is 17.5 Å². The van der Waals surface area contributed by atoms with Crippen molar-refractivity contribution in [1.82, 2.24) is 9.80 Å². The summed E-state index contributed by atoms with van der Waals surface area (Å²) in [6.45, 7) is 3.50. The van der Waals surface area contributed by atoms with Gasteiger partial charge in [0, 0.05) is 30.2 Å². The molecule has 0 aliphatic heterocycles. The first kappa shape index (κ1) is 18.8. The molecule has 0 bridgehead atoms. The molecule has 2 rings (SSSR count). The average molecular weight is 347 g/mol. The monoisotopic (exact) mass is 346 g/mol. The minimum Gasteiger partial charge on any atom is -0.493 e. The van der Waals surface area contributed by atoms with Gasteiger partial charge in [0.05, 0.1) is 6.61 Å². The van der Waals surface area contributed by atoms with E-state index in [0.29, 0.717) is 6.61 Å². The quantitative estimate of drug-likeness (QED) is 0.629. The minimum absolute atomic E-state index is 0.710. The number of hydrogen-bond donors (Lipinski definition) is 0. The molecule has 130 valence electrons. The molecule has 2 aromatic carbocycles. The molecule has 2 aromatic rings. The van der Waals surface area contributed by atoms with Gasteiger partial charge in [-0.2, -0.15) is 0 Å². The summed E-state index contributed by atoms with van der Waals surface area (Å²) in [7, 11) is 6.24. The van der Waals surface area contributed by atoms with Crippen molar-refractivity contribution in [1.29, 1.82) is 0 Å². The van der Waals surface area contributed by atoms with Crippen molar-refractivity contribution in [3.63, 3.8) is 0 Å². The topological polar surface area (TPSA) is 15.7 Å². The predicted octanol–water partition coefficient (Wildman–Crippen LogP) is 4.30. The van der Waals surface area contributed by atoms with Gasteiger partial charge < -0.3 is 14.5 Å². The summed E-state index contributed by atoms with van der Waals surface area (Å²) in [4.78, 5) is 4.44. The fraction of sp³-hybridized carbons (Fsp3) is 0.400. The first-order valence-electron chi connectivity index (χ1n) is 8.33. The largest absolute Gasteiger partial charge is 0.493 e. The van der Waals surface area contributed by atoms with Crippen molar-refractivity contribution in [2.45, 2.75) is 19.5 Å². The summed E-state index contributed by atoms with van der Waals surface area (Å²) in [6, 6.07) is 16.4. The SMILES string of the molecule is CN(C)Cc1cc(Cl)ccc1OCCCN(C)Cc1ccccc1. The van der Waals surface area contributed by atoms with E-state index in [9.17, 15) is 0 Å². The van der Waals surface area contributed by atoms with Crippen LogP contribution in [0.4, 0.5) is 0 Å². The van der Waals surface area contributed by atoms with Crippen LogP contribution in [-0.4, -0.2) is 44.1 Å². The van der Waals surface area contributed by atoms with Gasteiger partial charge in [-0.3, -0.25) is 0 Å². The Morgan fingerprint density at radius 1 is 0.958 bits per heavy atom. The van der Waals surface area contributed by atoms with E-state index in [0.717, 1.165) is 42.4 Å². The van der Waals surface area contributed by atoms with Crippen LogP contribution in [-0.2, 0) is 13.1 Å². The highest BCUT2D eigenvalue weighted by atomic mass is 35.5. The zero-order chi connectivity index (χ0) is 17.4. The Morgan fingerprint density at radius 2 is 1.71 bits per heavy atom. The van der Waals surface area contributed by atoms with Crippen LogP contribution in [0, 0.1) is 0 Å². The average Bonchev–Trinajstić information content (AvgIpc) is 2.53. The van der Waals surface area contributed by atoms with Gasteiger partial charge in [0.1, 0.15) is 5.75 Å². The first-order valence-corrected chi connectivity index (χ1v) is 8.71. The molecule has 0 aliphatic rings. The Labute approximate surface area is 150 Å². The number of benzene rings is 2. The van der Waals surface area contributed by atoms with Gasteiger partial charge in [0.2, 0.25) is 0 Å². The van der Waals surface area contributed by atoms with E-state index < -0.39 is 0 Å². The van der Waals surface area contributed by atoms with Crippen LogP contribution < -0.4 is 4.74 Å².